The zero-order valence-electron chi connectivity index (χ0n) is 20.6. The zero-order chi connectivity index (χ0) is 27.4. The molecule has 4 aromatic rings. The molecule has 5 rings (SSSR count). The zero-order valence-corrected chi connectivity index (χ0v) is 22.2. The van der Waals surface area contributed by atoms with Crippen molar-refractivity contribution in [1.29, 1.82) is 0 Å². The maximum Gasteiger partial charge on any atom is 0.275 e. The SMILES string of the molecule is COc1cccc(C2SC(c3ccc(Cl)cc3)=NN2C(=O)c2cccc(F)c2)c1OCC(=O)c1ccccn1. The molecule has 0 radical (unpaired) electrons. The summed E-state index contributed by atoms with van der Waals surface area (Å²) in [5.74, 6) is -0.706. The van der Waals surface area contributed by atoms with Crippen molar-refractivity contribution in [3.8, 4) is 11.5 Å². The number of amides is 1. The van der Waals surface area contributed by atoms with E-state index in [4.69, 9.17) is 21.1 Å². The Morgan fingerprint density at radius 2 is 1.82 bits per heavy atom. The lowest BCUT2D eigenvalue weighted by molar-refractivity contribution is 0.0744. The minimum absolute atomic E-state index is 0.136. The molecule has 2 heterocycles. The van der Waals surface area contributed by atoms with Crippen LogP contribution in [0.25, 0.3) is 0 Å². The molecule has 1 amide bonds. The fourth-order valence-electron chi connectivity index (χ4n) is 3.93. The van der Waals surface area contributed by atoms with Crippen molar-refractivity contribution in [1.82, 2.24) is 9.99 Å². The number of ether oxygens (including phenoxy) is 2. The van der Waals surface area contributed by atoms with Gasteiger partial charge in [0.1, 0.15) is 21.9 Å². The molecule has 0 fully saturated rings. The Bertz CT molecular complexity index is 1550. The first-order valence-corrected chi connectivity index (χ1v) is 13.0. The fourth-order valence-corrected chi connectivity index (χ4v) is 5.23. The molecule has 196 valence electrons. The van der Waals surface area contributed by atoms with Crippen LogP contribution in [0, 0.1) is 5.82 Å². The van der Waals surface area contributed by atoms with Crippen LogP contribution in [0.3, 0.4) is 0 Å². The second kappa shape index (κ2) is 11.7. The van der Waals surface area contributed by atoms with Gasteiger partial charge in [0, 0.05) is 27.9 Å². The van der Waals surface area contributed by atoms with Crippen molar-refractivity contribution < 1.29 is 23.5 Å². The molecule has 0 N–H and O–H groups in total. The van der Waals surface area contributed by atoms with Crippen LogP contribution in [0.15, 0.2) is 96.2 Å². The number of para-hydroxylation sites is 1. The number of hydrogen-bond acceptors (Lipinski definition) is 7. The van der Waals surface area contributed by atoms with Gasteiger partial charge in [0.15, 0.2) is 18.1 Å². The number of benzene rings is 3. The molecule has 0 saturated heterocycles. The van der Waals surface area contributed by atoms with Crippen molar-refractivity contribution in [2.75, 3.05) is 13.7 Å². The van der Waals surface area contributed by atoms with E-state index in [1.807, 2.05) is 0 Å². The van der Waals surface area contributed by atoms with Crippen LogP contribution >= 0.6 is 23.4 Å². The van der Waals surface area contributed by atoms with Crippen molar-refractivity contribution in [3.05, 3.63) is 124 Å². The van der Waals surface area contributed by atoms with Crippen LogP contribution in [0.1, 0.15) is 37.3 Å². The molecule has 1 aliphatic heterocycles. The number of ketones is 1. The topological polar surface area (TPSA) is 81.1 Å². The van der Waals surface area contributed by atoms with Gasteiger partial charge < -0.3 is 9.47 Å². The van der Waals surface area contributed by atoms with E-state index in [1.165, 1.54) is 48.3 Å². The van der Waals surface area contributed by atoms with Gasteiger partial charge in [-0.15, -0.1) is 0 Å². The lowest BCUT2D eigenvalue weighted by Crippen LogP contribution is -2.26. The highest BCUT2D eigenvalue weighted by Crippen LogP contribution is 2.47. The third-order valence-electron chi connectivity index (χ3n) is 5.81. The van der Waals surface area contributed by atoms with Gasteiger partial charge in [0.25, 0.3) is 5.91 Å². The fraction of sp³-hybridized carbons (Fsp3) is 0.103. The van der Waals surface area contributed by atoms with E-state index < -0.39 is 17.1 Å². The van der Waals surface area contributed by atoms with E-state index in [9.17, 15) is 14.0 Å². The van der Waals surface area contributed by atoms with Crippen molar-refractivity contribution >= 4 is 40.1 Å². The summed E-state index contributed by atoms with van der Waals surface area (Å²) in [7, 11) is 1.49. The summed E-state index contributed by atoms with van der Waals surface area (Å²) < 4.78 is 25.5. The molecule has 1 atom stereocenters. The van der Waals surface area contributed by atoms with Crippen LogP contribution < -0.4 is 9.47 Å². The molecule has 0 aliphatic carbocycles. The molecule has 1 aliphatic rings. The number of hydrogen-bond donors (Lipinski definition) is 0. The number of nitrogens with zero attached hydrogens (tertiary/aromatic N) is 3. The molecular weight excluding hydrogens is 541 g/mol. The highest BCUT2D eigenvalue weighted by molar-refractivity contribution is 8.14. The number of rotatable bonds is 8. The van der Waals surface area contributed by atoms with Gasteiger partial charge in [-0.3, -0.25) is 14.6 Å². The third-order valence-corrected chi connectivity index (χ3v) is 7.28. The second-order valence-electron chi connectivity index (χ2n) is 8.35. The van der Waals surface area contributed by atoms with Crippen LogP contribution in [0.4, 0.5) is 4.39 Å². The summed E-state index contributed by atoms with van der Waals surface area (Å²) in [5.41, 5.74) is 1.70. The average Bonchev–Trinajstić information content (AvgIpc) is 3.41. The van der Waals surface area contributed by atoms with E-state index in [-0.39, 0.29) is 29.4 Å². The molecule has 1 aromatic heterocycles. The number of pyridine rings is 1. The monoisotopic (exact) mass is 561 g/mol. The number of thioether (sulfide) groups is 1. The molecule has 0 spiro atoms. The first kappa shape index (κ1) is 26.4. The number of Topliss-reactive ketones (excluding diaryl/α,β-unsaturated/α-hetero) is 1. The summed E-state index contributed by atoms with van der Waals surface area (Å²) in [4.78, 5) is 30.4. The van der Waals surface area contributed by atoms with Crippen molar-refractivity contribution in [2.24, 2.45) is 5.10 Å². The third kappa shape index (κ3) is 5.79. The molecule has 1 unspecified atom stereocenters. The maximum atomic E-state index is 14.0. The molecular formula is C29H21ClFN3O4S. The van der Waals surface area contributed by atoms with Gasteiger partial charge in [-0.25, -0.2) is 9.40 Å². The largest absolute Gasteiger partial charge is 0.493 e. The summed E-state index contributed by atoms with van der Waals surface area (Å²) in [5, 5.41) is 6.31. The van der Waals surface area contributed by atoms with E-state index >= 15 is 0 Å². The minimum atomic E-state index is -0.707. The minimum Gasteiger partial charge on any atom is -0.493 e. The summed E-state index contributed by atoms with van der Waals surface area (Å²) >= 11 is 7.37. The lowest BCUT2D eigenvalue weighted by Gasteiger charge is -2.24. The Hall–Kier alpha value is -4.21. The number of methoxy groups -OCH3 is 1. The van der Waals surface area contributed by atoms with Gasteiger partial charge >= 0.3 is 0 Å². The Morgan fingerprint density at radius 1 is 1.03 bits per heavy atom. The molecule has 0 bridgehead atoms. The Kier molecular flexibility index (Phi) is 7.90. The number of aromatic nitrogens is 1. The van der Waals surface area contributed by atoms with Crippen LogP contribution in [0.5, 0.6) is 11.5 Å². The maximum absolute atomic E-state index is 14.0. The van der Waals surface area contributed by atoms with Crippen LogP contribution in [-0.4, -0.2) is 40.4 Å². The molecule has 0 saturated carbocycles. The van der Waals surface area contributed by atoms with Gasteiger partial charge in [-0.2, -0.15) is 5.10 Å². The summed E-state index contributed by atoms with van der Waals surface area (Å²) in [6.45, 7) is -0.301. The normalized spacial score (nSPS) is 14.6. The number of carbonyl (C=O) groups is 2. The quantitative estimate of drug-likeness (QED) is 0.232. The number of hydrazone groups is 1. The van der Waals surface area contributed by atoms with E-state index in [2.05, 4.69) is 10.1 Å². The van der Waals surface area contributed by atoms with E-state index in [0.717, 1.165) is 11.6 Å². The standard InChI is InChI=1S/C29H21ClFN3O4S/c1-37-25-10-5-8-22(26(25)38-17-24(35)23-9-2-3-15-32-23)29-34(28(36)19-6-4-7-21(31)16-19)33-27(39-29)18-11-13-20(30)14-12-18/h2-16,29H,17H2,1H3. The molecule has 39 heavy (non-hydrogen) atoms. The number of carbonyl (C=O) groups excluding carboxylic acids is 2. The Morgan fingerprint density at radius 3 is 2.54 bits per heavy atom. The van der Waals surface area contributed by atoms with Gasteiger partial charge in [-0.1, -0.05) is 59.8 Å². The lowest BCUT2D eigenvalue weighted by atomic mass is 10.1. The van der Waals surface area contributed by atoms with E-state index in [1.54, 1.807) is 60.7 Å². The van der Waals surface area contributed by atoms with Gasteiger partial charge in [-0.05, 0) is 48.5 Å². The average molecular weight is 562 g/mol. The van der Waals surface area contributed by atoms with Crippen molar-refractivity contribution in [2.45, 2.75) is 5.37 Å². The molecule has 7 nitrogen and oxygen atoms in total. The van der Waals surface area contributed by atoms with Crippen molar-refractivity contribution in [3.63, 3.8) is 0 Å². The molecule has 3 aromatic carbocycles. The van der Waals surface area contributed by atoms with Gasteiger partial charge in [0.2, 0.25) is 5.78 Å². The predicted octanol–water partition coefficient (Wildman–Crippen LogP) is 6.39. The molecule has 10 heteroatoms. The summed E-state index contributed by atoms with van der Waals surface area (Å²) in [6.07, 6.45) is 1.53. The highest BCUT2D eigenvalue weighted by Gasteiger charge is 2.37. The first-order valence-electron chi connectivity index (χ1n) is 11.8. The van der Waals surface area contributed by atoms with Gasteiger partial charge in [0.05, 0.1) is 7.11 Å². The second-order valence-corrected chi connectivity index (χ2v) is 9.85. The van der Waals surface area contributed by atoms with Crippen LogP contribution in [0.2, 0.25) is 5.02 Å². The summed E-state index contributed by atoms with van der Waals surface area (Å²) in [6, 6.07) is 22.8. The van der Waals surface area contributed by atoms with E-state index in [0.29, 0.717) is 21.4 Å². The Labute approximate surface area is 233 Å². The number of halogens is 2. The highest BCUT2D eigenvalue weighted by atomic mass is 35.5. The Balaban J connectivity index is 1.53. The predicted molar refractivity (Wildman–Crippen MR) is 148 cm³/mol. The van der Waals surface area contributed by atoms with Crippen LogP contribution in [-0.2, 0) is 0 Å². The first-order chi connectivity index (χ1) is 18.9. The smallest absolute Gasteiger partial charge is 0.275 e.